The molecule has 0 aliphatic heterocycles. The van der Waals surface area contributed by atoms with Gasteiger partial charge in [0, 0.05) is 17.7 Å². The van der Waals surface area contributed by atoms with E-state index in [4.69, 9.17) is 10.7 Å². The summed E-state index contributed by atoms with van der Waals surface area (Å²) in [6.07, 6.45) is 5.79. The Labute approximate surface area is 115 Å². The molecule has 104 valence electrons. The SMILES string of the molecule is CC(CCCN)c1nc2cnccc2n1C(C)(C)C. The summed E-state index contributed by atoms with van der Waals surface area (Å²) < 4.78 is 2.34. The Morgan fingerprint density at radius 2 is 2.11 bits per heavy atom. The zero-order chi connectivity index (χ0) is 14.0. The summed E-state index contributed by atoms with van der Waals surface area (Å²) in [6.45, 7) is 9.61. The maximum Gasteiger partial charge on any atom is 0.113 e. The maximum atomic E-state index is 5.62. The van der Waals surface area contributed by atoms with Gasteiger partial charge in [-0.2, -0.15) is 0 Å². The zero-order valence-electron chi connectivity index (χ0n) is 12.3. The van der Waals surface area contributed by atoms with Crippen molar-refractivity contribution in [3.8, 4) is 0 Å². The number of hydrogen-bond acceptors (Lipinski definition) is 3. The lowest BCUT2D eigenvalue weighted by Crippen LogP contribution is -2.25. The molecule has 0 aromatic carbocycles. The Kier molecular flexibility index (Phi) is 3.90. The summed E-state index contributed by atoms with van der Waals surface area (Å²) >= 11 is 0. The second-order valence-electron chi connectivity index (χ2n) is 6.17. The molecule has 2 rings (SSSR count). The molecule has 0 bridgehead atoms. The first kappa shape index (κ1) is 14.0. The number of hydrogen-bond donors (Lipinski definition) is 1. The van der Waals surface area contributed by atoms with Crippen LogP contribution in [0, 0.1) is 0 Å². The van der Waals surface area contributed by atoms with Crippen LogP contribution in [0.4, 0.5) is 0 Å². The van der Waals surface area contributed by atoms with E-state index in [1.165, 1.54) is 0 Å². The van der Waals surface area contributed by atoms with Crippen molar-refractivity contribution in [3.63, 3.8) is 0 Å². The molecule has 1 unspecified atom stereocenters. The third-order valence-electron chi connectivity index (χ3n) is 3.44. The molecule has 19 heavy (non-hydrogen) atoms. The van der Waals surface area contributed by atoms with Gasteiger partial charge in [-0.1, -0.05) is 6.92 Å². The van der Waals surface area contributed by atoms with Crippen LogP contribution in [0.1, 0.15) is 52.3 Å². The van der Waals surface area contributed by atoms with Crippen LogP contribution in [0.3, 0.4) is 0 Å². The summed E-state index contributed by atoms with van der Waals surface area (Å²) in [5.74, 6) is 1.55. The molecular formula is C15H24N4. The van der Waals surface area contributed by atoms with E-state index in [9.17, 15) is 0 Å². The fraction of sp³-hybridized carbons (Fsp3) is 0.600. The van der Waals surface area contributed by atoms with Crippen molar-refractivity contribution in [1.82, 2.24) is 14.5 Å². The van der Waals surface area contributed by atoms with Gasteiger partial charge in [0.1, 0.15) is 11.3 Å². The van der Waals surface area contributed by atoms with Crippen molar-refractivity contribution in [2.75, 3.05) is 6.54 Å². The van der Waals surface area contributed by atoms with Gasteiger partial charge >= 0.3 is 0 Å². The van der Waals surface area contributed by atoms with Crippen LogP contribution in [0.15, 0.2) is 18.5 Å². The summed E-state index contributed by atoms with van der Waals surface area (Å²) in [5, 5.41) is 0. The first-order valence-electron chi connectivity index (χ1n) is 6.98. The van der Waals surface area contributed by atoms with E-state index in [2.05, 4.69) is 37.2 Å². The Morgan fingerprint density at radius 3 is 2.74 bits per heavy atom. The number of nitrogens with two attached hydrogens (primary N) is 1. The lowest BCUT2D eigenvalue weighted by molar-refractivity contribution is 0.381. The smallest absolute Gasteiger partial charge is 0.113 e. The van der Waals surface area contributed by atoms with Crippen LogP contribution >= 0.6 is 0 Å². The normalized spacial score (nSPS) is 13.9. The number of pyridine rings is 1. The van der Waals surface area contributed by atoms with Gasteiger partial charge in [-0.05, 0) is 46.2 Å². The molecule has 0 amide bonds. The number of nitrogens with zero attached hydrogens (tertiary/aromatic N) is 3. The van der Waals surface area contributed by atoms with E-state index in [0.717, 1.165) is 36.2 Å². The highest BCUT2D eigenvalue weighted by molar-refractivity contribution is 5.75. The van der Waals surface area contributed by atoms with Gasteiger partial charge in [-0.25, -0.2) is 4.98 Å². The van der Waals surface area contributed by atoms with Gasteiger partial charge in [0.25, 0.3) is 0 Å². The molecule has 4 nitrogen and oxygen atoms in total. The number of fused-ring (bicyclic) bond motifs is 1. The lowest BCUT2D eigenvalue weighted by Gasteiger charge is -2.26. The van der Waals surface area contributed by atoms with E-state index in [1.54, 1.807) is 0 Å². The summed E-state index contributed by atoms with van der Waals surface area (Å²) in [5.41, 5.74) is 7.78. The highest BCUT2D eigenvalue weighted by atomic mass is 15.1. The second kappa shape index (κ2) is 5.29. The zero-order valence-corrected chi connectivity index (χ0v) is 12.3. The molecule has 0 aliphatic rings. The van der Waals surface area contributed by atoms with Crippen LogP contribution in [0.25, 0.3) is 11.0 Å². The van der Waals surface area contributed by atoms with E-state index in [-0.39, 0.29) is 5.54 Å². The minimum Gasteiger partial charge on any atom is -0.330 e. The third-order valence-corrected chi connectivity index (χ3v) is 3.44. The molecule has 0 saturated heterocycles. The molecule has 2 aromatic rings. The summed E-state index contributed by atoms with van der Waals surface area (Å²) in [4.78, 5) is 8.97. The molecule has 0 aliphatic carbocycles. The summed E-state index contributed by atoms with van der Waals surface area (Å²) in [6, 6.07) is 2.05. The Hall–Kier alpha value is -1.42. The van der Waals surface area contributed by atoms with Gasteiger partial charge < -0.3 is 10.3 Å². The van der Waals surface area contributed by atoms with E-state index in [0.29, 0.717) is 5.92 Å². The highest BCUT2D eigenvalue weighted by Gasteiger charge is 2.24. The van der Waals surface area contributed by atoms with Crippen molar-refractivity contribution in [1.29, 1.82) is 0 Å². The predicted molar refractivity (Wildman–Crippen MR) is 79.2 cm³/mol. The van der Waals surface area contributed by atoms with Crippen LogP contribution in [-0.4, -0.2) is 21.1 Å². The topological polar surface area (TPSA) is 56.7 Å². The fourth-order valence-corrected chi connectivity index (χ4v) is 2.54. The van der Waals surface area contributed by atoms with Crippen LogP contribution in [0.2, 0.25) is 0 Å². The average molecular weight is 260 g/mol. The lowest BCUT2D eigenvalue weighted by atomic mass is 10.0. The van der Waals surface area contributed by atoms with Gasteiger partial charge in [0.2, 0.25) is 0 Å². The number of imidazole rings is 1. The Bertz CT molecular complexity index is 551. The van der Waals surface area contributed by atoms with Crippen molar-refractivity contribution < 1.29 is 0 Å². The molecule has 0 saturated carbocycles. The van der Waals surface area contributed by atoms with Gasteiger partial charge in [-0.15, -0.1) is 0 Å². The van der Waals surface area contributed by atoms with E-state index >= 15 is 0 Å². The first-order chi connectivity index (χ1) is 8.95. The third kappa shape index (κ3) is 2.78. The van der Waals surface area contributed by atoms with E-state index < -0.39 is 0 Å². The number of rotatable bonds is 4. The molecule has 0 fully saturated rings. The Balaban J connectivity index is 2.53. The van der Waals surface area contributed by atoms with Crippen LogP contribution in [-0.2, 0) is 5.54 Å². The van der Waals surface area contributed by atoms with Gasteiger partial charge in [0.05, 0.1) is 11.7 Å². The molecule has 2 heterocycles. The highest BCUT2D eigenvalue weighted by Crippen LogP contribution is 2.30. The monoisotopic (exact) mass is 260 g/mol. The van der Waals surface area contributed by atoms with Crippen molar-refractivity contribution in [3.05, 3.63) is 24.3 Å². The second-order valence-corrected chi connectivity index (χ2v) is 6.17. The molecule has 0 spiro atoms. The van der Waals surface area contributed by atoms with Gasteiger partial charge in [-0.3, -0.25) is 4.98 Å². The van der Waals surface area contributed by atoms with E-state index in [1.807, 2.05) is 18.5 Å². The average Bonchev–Trinajstić information content (AvgIpc) is 2.74. The quantitative estimate of drug-likeness (QED) is 0.919. The molecular weight excluding hydrogens is 236 g/mol. The van der Waals surface area contributed by atoms with Crippen molar-refractivity contribution in [2.45, 2.75) is 52.0 Å². The molecule has 1 atom stereocenters. The standard InChI is InChI=1S/C15H24N4/c1-11(6-5-8-16)14-18-12-10-17-9-7-13(12)19(14)15(2,3)4/h7,9-11H,5-6,8,16H2,1-4H3. The molecule has 0 radical (unpaired) electrons. The van der Waals surface area contributed by atoms with Crippen LogP contribution < -0.4 is 5.73 Å². The van der Waals surface area contributed by atoms with Gasteiger partial charge in [0.15, 0.2) is 0 Å². The molecule has 2 N–H and O–H groups in total. The first-order valence-corrected chi connectivity index (χ1v) is 6.98. The Morgan fingerprint density at radius 1 is 1.37 bits per heavy atom. The molecule has 2 aromatic heterocycles. The minimum absolute atomic E-state index is 0.0163. The predicted octanol–water partition coefficient (Wildman–Crippen LogP) is 3.03. The maximum absolute atomic E-state index is 5.62. The minimum atomic E-state index is 0.0163. The largest absolute Gasteiger partial charge is 0.330 e. The number of aromatic nitrogens is 3. The van der Waals surface area contributed by atoms with Crippen molar-refractivity contribution in [2.24, 2.45) is 5.73 Å². The molecule has 4 heteroatoms. The van der Waals surface area contributed by atoms with Crippen LogP contribution in [0.5, 0.6) is 0 Å². The summed E-state index contributed by atoms with van der Waals surface area (Å²) in [7, 11) is 0. The van der Waals surface area contributed by atoms with Crippen molar-refractivity contribution >= 4 is 11.0 Å². The fourth-order valence-electron chi connectivity index (χ4n) is 2.54.